The van der Waals surface area contributed by atoms with Crippen molar-refractivity contribution in [1.29, 1.82) is 0 Å². The number of aromatic nitrogens is 2. The van der Waals surface area contributed by atoms with Gasteiger partial charge in [0.15, 0.2) is 0 Å². The minimum Gasteiger partial charge on any atom is -0.337 e. The Hall–Kier alpha value is -3.02. The number of rotatable bonds is 3. The predicted octanol–water partition coefficient (Wildman–Crippen LogP) is 3.92. The van der Waals surface area contributed by atoms with Gasteiger partial charge >= 0.3 is 0 Å². The molecule has 0 unspecified atom stereocenters. The number of amides is 1. The van der Waals surface area contributed by atoms with Crippen LogP contribution in [0.4, 0.5) is 4.39 Å². The van der Waals surface area contributed by atoms with E-state index in [1.54, 1.807) is 46.8 Å². The Bertz CT molecular complexity index is 1110. The van der Waals surface area contributed by atoms with Crippen LogP contribution in [-0.4, -0.2) is 27.4 Å². The SMILES string of the molecule is CN(Cc1ccc(F)cc1)C(=O)c1ccc2c(=O)n3c(nc2c1)CCCCCC3. The van der Waals surface area contributed by atoms with Crippen LogP contribution in [0.1, 0.15) is 47.4 Å². The van der Waals surface area contributed by atoms with E-state index in [0.29, 0.717) is 29.6 Å². The van der Waals surface area contributed by atoms with Crippen LogP contribution in [0.15, 0.2) is 47.3 Å². The predicted molar refractivity (Wildman–Crippen MR) is 110 cm³/mol. The summed E-state index contributed by atoms with van der Waals surface area (Å²) in [6, 6.07) is 11.2. The third kappa shape index (κ3) is 4.06. The van der Waals surface area contributed by atoms with Crippen LogP contribution in [0, 0.1) is 5.82 Å². The van der Waals surface area contributed by atoms with Crippen molar-refractivity contribution in [3.63, 3.8) is 0 Å². The van der Waals surface area contributed by atoms with Gasteiger partial charge < -0.3 is 4.90 Å². The monoisotopic (exact) mass is 393 g/mol. The van der Waals surface area contributed by atoms with E-state index in [0.717, 1.165) is 43.5 Å². The van der Waals surface area contributed by atoms with Crippen molar-refractivity contribution in [3.05, 3.63) is 75.6 Å². The van der Waals surface area contributed by atoms with Gasteiger partial charge in [-0.05, 0) is 48.7 Å². The van der Waals surface area contributed by atoms with Gasteiger partial charge in [-0.25, -0.2) is 9.37 Å². The number of benzene rings is 2. The smallest absolute Gasteiger partial charge is 0.261 e. The second-order valence-corrected chi connectivity index (χ2v) is 7.67. The van der Waals surface area contributed by atoms with Crippen LogP contribution >= 0.6 is 0 Å². The van der Waals surface area contributed by atoms with Gasteiger partial charge in [-0.15, -0.1) is 0 Å². The molecular weight excluding hydrogens is 369 g/mol. The Morgan fingerprint density at radius 3 is 2.66 bits per heavy atom. The van der Waals surface area contributed by atoms with Gasteiger partial charge in [-0.2, -0.15) is 0 Å². The molecule has 2 heterocycles. The second kappa shape index (κ2) is 8.15. The largest absolute Gasteiger partial charge is 0.337 e. The molecule has 0 saturated heterocycles. The first-order valence-electron chi connectivity index (χ1n) is 10.1. The molecule has 150 valence electrons. The molecule has 0 fully saturated rings. The van der Waals surface area contributed by atoms with E-state index in [2.05, 4.69) is 0 Å². The maximum absolute atomic E-state index is 13.1. The van der Waals surface area contributed by atoms with E-state index < -0.39 is 0 Å². The van der Waals surface area contributed by atoms with Crippen molar-refractivity contribution in [1.82, 2.24) is 14.5 Å². The Balaban J connectivity index is 1.63. The Morgan fingerprint density at radius 2 is 1.86 bits per heavy atom. The van der Waals surface area contributed by atoms with E-state index in [1.165, 1.54) is 12.1 Å². The summed E-state index contributed by atoms with van der Waals surface area (Å²) < 4.78 is 14.9. The molecule has 1 aliphatic heterocycles. The van der Waals surface area contributed by atoms with E-state index in [-0.39, 0.29) is 17.3 Å². The fourth-order valence-electron chi connectivity index (χ4n) is 3.88. The maximum Gasteiger partial charge on any atom is 0.261 e. The number of hydrogen-bond donors (Lipinski definition) is 0. The van der Waals surface area contributed by atoms with Crippen LogP contribution < -0.4 is 5.56 Å². The van der Waals surface area contributed by atoms with E-state index in [9.17, 15) is 14.0 Å². The number of hydrogen-bond acceptors (Lipinski definition) is 3. The lowest BCUT2D eigenvalue weighted by Gasteiger charge is -2.19. The Morgan fingerprint density at radius 1 is 1.10 bits per heavy atom. The number of aryl methyl sites for hydroxylation is 1. The van der Waals surface area contributed by atoms with Crippen molar-refractivity contribution in [2.45, 2.75) is 45.2 Å². The molecule has 1 aliphatic rings. The van der Waals surface area contributed by atoms with Gasteiger partial charge in [0.2, 0.25) is 0 Å². The molecule has 0 saturated carbocycles. The summed E-state index contributed by atoms with van der Waals surface area (Å²) in [5.41, 5.74) is 1.89. The molecule has 0 radical (unpaired) electrons. The van der Waals surface area contributed by atoms with Crippen LogP contribution in [-0.2, 0) is 19.5 Å². The first-order valence-corrected chi connectivity index (χ1v) is 10.1. The topological polar surface area (TPSA) is 55.2 Å². The zero-order chi connectivity index (χ0) is 20.4. The third-order valence-corrected chi connectivity index (χ3v) is 5.49. The molecule has 2 aromatic carbocycles. The molecule has 0 N–H and O–H groups in total. The third-order valence-electron chi connectivity index (χ3n) is 5.49. The first kappa shape index (κ1) is 19.3. The molecule has 29 heavy (non-hydrogen) atoms. The number of carbonyl (C=O) groups excluding carboxylic acids is 1. The van der Waals surface area contributed by atoms with Crippen molar-refractivity contribution in [2.75, 3.05) is 7.05 Å². The molecule has 0 spiro atoms. The fourth-order valence-corrected chi connectivity index (χ4v) is 3.88. The lowest BCUT2D eigenvalue weighted by atomic mass is 10.1. The molecule has 1 aromatic heterocycles. The van der Waals surface area contributed by atoms with Gasteiger partial charge in [0.25, 0.3) is 11.5 Å². The van der Waals surface area contributed by atoms with Crippen LogP contribution in [0.2, 0.25) is 0 Å². The van der Waals surface area contributed by atoms with E-state index in [4.69, 9.17) is 4.98 Å². The van der Waals surface area contributed by atoms with Crippen LogP contribution in [0.25, 0.3) is 10.9 Å². The molecule has 6 heteroatoms. The average molecular weight is 393 g/mol. The average Bonchev–Trinajstić information content (AvgIpc) is 2.70. The van der Waals surface area contributed by atoms with Crippen LogP contribution in [0.3, 0.4) is 0 Å². The summed E-state index contributed by atoms with van der Waals surface area (Å²) in [5, 5.41) is 0.548. The number of halogens is 1. The molecule has 1 amide bonds. The Labute approximate surface area is 168 Å². The van der Waals surface area contributed by atoms with Crippen molar-refractivity contribution < 1.29 is 9.18 Å². The van der Waals surface area contributed by atoms with Gasteiger partial charge in [0, 0.05) is 32.1 Å². The molecule has 0 aliphatic carbocycles. The highest BCUT2D eigenvalue weighted by Crippen LogP contribution is 2.18. The van der Waals surface area contributed by atoms with Crippen molar-refractivity contribution in [3.8, 4) is 0 Å². The van der Waals surface area contributed by atoms with Gasteiger partial charge in [-0.3, -0.25) is 14.2 Å². The standard InChI is InChI=1S/C23H24FN3O2/c1-26(15-16-7-10-18(24)11-8-16)22(28)17-9-12-19-20(14-17)25-21-6-4-2-3-5-13-27(21)23(19)29/h7-12,14H,2-6,13,15H2,1H3. The fraction of sp³-hybridized carbons (Fsp3) is 0.348. The molecule has 4 rings (SSSR count). The van der Waals surface area contributed by atoms with Gasteiger partial charge in [0.1, 0.15) is 11.6 Å². The molecule has 3 aromatic rings. The Kier molecular flexibility index (Phi) is 5.43. The molecular formula is C23H24FN3O2. The normalized spacial score (nSPS) is 14.1. The number of carbonyl (C=O) groups is 1. The number of fused-ring (bicyclic) bond motifs is 2. The first-order chi connectivity index (χ1) is 14.0. The summed E-state index contributed by atoms with van der Waals surface area (Å²) >= 11 is 0. The summed E-state index contributed by atoms with van der Waals surface area (Å²) in [5.74, 6) is 0.348. The van der Waals surface area contributed by atoms with E-state index >= 15 is 0 Å². The van der Waals surface area contributed by atoms with Crippen molar-refractivity contribution >= 4 is 16.8 Å². The maximum atomic E-state index is 13.1. The summed E-state index contributed by atoms with van der Waals surface area (Å²) in [7, 11) is 1.71. The minimum atomic E-state index is -0.301. The highest BCUT2D eigenvalue weighted by Gasteiger charge is 2.17. The number of nitrogens with zero attached hydrogens (tertiary/aromatic N) is 3. The lowest BCUT2D eigenvalue weighted by molar-refractivity contribution is 0.0785. The minimum absolute atomic E-state index is 0.0226. The quantitative estimate of drug-likeness (QED) is 0.678. The molecule has 0 atom stereocenters. The van der Waals surface area contributed by atoms with E-state index in [1.807, 2.05) is 0 Å². The van der Waals surface area contributed by atoms with Crippen LogP contribution in [0.5, 0.6) is 0 Å². The summed E-state index contributed by atoms with van der Waals surface area (Å²) in [6.07, 6.45) is 5.09. The summed E-state index contributed by atoms with van der Waals surface area (Å²) in [6.45, 7) is 1.08. The van der Waals surface area contributed by atoms with Gasteiger partial charge in [0.05, 0.1) is 10.9 Å². The second-order valence-electron chi connectivity index (χ2n) is 7.67. The highest BCUT2D eigenvalue weighted by atomic mass is 19.1. The van der Waals surface area contributed by atoms with Gasteiger partial charge in [-0.1, -0.05) is 25.0 Å². The van der Waals surface area contributed by atoms with Crippen molar-refractivity contribution in [2.24, 2.45) is 0 Å². The highest BCUT2D eigenvalue weighted by molar-refractivity contribution is 5.97. The zero-order valence-corrected chi connectivity index (χ0v) is 16.5. The lowest BCUT2D eigenvalue weighted by Crippen LogP contribution is -2.28. The zero-order valence-electron chi connectivity index (χ0n) is 16.5. The molecule has 5 nitrogen and oxygen atoms in total. The summed E-state index contributed by atoms with van der Waals surface area (Å²) in [4.78, 5) is 32.1. The molecule has 0 bridgehead atoms.